The van der Waals surface area contributed by atoms with Gasteiger partial charge in [-0.15, -0.1) is 0 Å². The summed E-state index contributed by atoms with van der Waals surface area (Å²) in [6, 6.07) is 9.65. The van der Waals surface area contributed by atoms with E-state index in [1.54, 1.807) is 45.0 Å². The Hall–Kier alpha value is -3.79. The number of halogens is 3. The number of aromatic nitrogens is 4. The first-order valence-electron chi connectivity index (χ1n) is 10.2. The third-order valence-corrected chi connectivity index (χ3v) is 4.77. The number of carbonyl (C=O) groups is 1. The quantitative estimate of drug-likeness (QED) is 0.346. The normalized spacial score (nSPS) is 11.5. The van der Waals surface area contributed by atoms with Gasteiger partial charge in [-0.25, -0.2) is 8.78 Å². The maximum Gasteiger partial charge on any atom is 0.326 e. The zero-order valence-electron chi connectivity index (χ0n) is 18.4. The van der Waals surface area contributed by atoms with Crippen LogP contribution in [0.2, 0.25) is 5.02 Å². The van der Waals surface area contributed by atoms with Crippen LogP contribution < -0.4 is 10.1 Å². The van der Waals surface area contributed by atoms with Gasteiger partial charge in [0.15, 0.2) is 17.2 Å². The summed E-state index contributed by atoms with van der Waals surface area (Å²) in [5.41, 5.74) is 0.616. The van der Waals surface area contributed by atoms with Crippen molar-refractivity contribution < 1.29 is 23.0 Å². The Morgan fingerprint density at radius 3 is 2.62 bits per heavy atom. The lowest BCUT2D eigenvalue weighted by molar-refractivity contribution is -0.152. The zero-order valence-corrected chi connectivity index (χ0v) is 19.2. The lowest BCUT2D eigenvalue weighted by atomic mass is 10.1. The van der Waals surface area contributed by atoms with Crippen LogP contribution in [0.5, 0.6) is 11.8 Å². The van der Waals surface area contributed by atoms with Crippen LogP contribution in [0.3, 0.4) is 0 Å². The molecule has 0 atom stereocenters. The minimum atomic E-state index is -0.923. The monoisotopic (exact) mass is 487 g/mol. The van der Waals surface area contributed by atoms with Crippen LogP contribution in [0.25, 0.3) is 22.3 Å². The molecule has 0 amide bonds. The molecule has 8 nitrogen and oxygen atoms in total. The maximum absolute atomic E-state index is 14.1. The van der Waals surface area contributed by atoms with E-state index in [1.807, 2.05) is 0 Å². The van der Waals surface area contributed by atoms with Crippen molar-refractivity contribution in [2.24, 2.45) is 0 Å². The first-order chi connectivity index (χ1) is 16.1. The number of benzene rings is 2. The van der Waals surface area contributed by atoms with E-state index in [0.29, 0.717) is 27.7 Å². The summed E-state index contributed by atoms with van der Waals surface area (Å²) in [5, 5.41) is 10.9. The number of nitrogens with zero attached hydrogens (tertiary/aromatic N) is 3. The second-order valence-corrected chi connectivity index (χ2v) is 8.65. The van der Waals surface area contributed by atoms with Crippen molar-refractivity contribution in [1.82, 2.24) is 20.2 Å². The van der Waals surface area contributed by atoms with Crippen LogP contribution in [0.15, 0.2) is 42.5 Å². The Labute approximate surface area is 198 Å². The van der Waals surface area contributed by atoms with Crippen LogP contribution >= 0.6 is 11.6 Å². The molecule has 0 aliphatic carbocycles. The van der Waals surface area contributed by atoms with E-state index >= 15 is 0 Å². The minimum absolute atomic E-state index is 0.178. The molecule has 2 N–H and O–H groups in total. The topological polar surface area (TPSA) is 102 Å². The first kappa shape index (κ1) is 23.4. The number of carbonyl (C=O) groups excluding carboxylic acids is 1. The van der Waals surface area contributed by atoms with Gasteiger partial charge in [-0.2, -0.15) is 15.1 Å². The number of rotatable bonds is 6. The number of hydrogen-bond acceptors (Lipinski definition) is 7. The molecular formula is C23H20ClF2N5O3. The number of anilines is 1. The first-order valence-corrected chi connectivity index (χ1v) is 10.6. The fourth-order valence-corrected chi connectivity index (χ4v) is 3.35. The van der Waals surface area contributed by atoms with E-state index < -0.39 is 23.2 Å². The van der Waals surface area contributed by atoms with Gasteiger partial charge in [0.2, 0.25) is 0 Å². The Kier molecular flexibility index (Phi) is 6.34. The minimum Gasteiger partial charge on any atom is -0.459 e. The zero-order chi connectivity index (χ0) is 24.5. The summed E-state index contributed by atoms with van der Waals surface area (Å²) in [4.78, 5) is 20.8. The van der Waals surface area contributed by atoms with E-state index in [-0.39, 0.29) is 29.8 Å². The highest BCUT2D eigenvalue weighted by molar-refractivity contribution is 6.33. The molecule has 176 valence electrons. The maximum atomic E-state index is 14.1. The summed E-state index contributed by atoms with van der Waals surface area (Å²) >= 11 is 6.35. The average molecular weight is 488 g/mol. The van der Waals surface area contributed by atoms with E-state index in [4.69, 9.17) is 21.1 Å². The van der Waals surface area contributed by atoms with Crippen molar-refractivity contribution in [1.29, 1.82) is 0 Å². The molecule has 2 aromatic heterocycles. The number of hydrogen-bond donors (Lipinski definition) is 2. The van der Waals surface area contributed by atoms with Gasteiger partial charge < -0.3 is 14.8 Å². The Balaban J connectivity index is 1.76. The summed E-state index contributed by atoms with van der Waals surface area (Å²) in [6.45, 7) is 5.04. The molecule has 4 aromatic rings. The van der Waals surface area contributed by atoms with Crippen molar-refractivity contribution in [2.75, 3.05) is 11.9 Å². The molecule has 0 bridgehead atoms. The molecule has 0 fully saturated rings. The van der Waals surface area contributed by atoms with Gasteiger partial charge in [0.1, 0.15) is 29.5 Å². The smallest absolute Gasteiger partial charge is 0.326 e. The standard InChI is InChI=1S/C23H20ClF2N5O3/c1-23(2,3)34-17(32)11-27-20-18-19(13-6-4-5-7-14(13)24)30-31-21(18)29-22(28-20)33-16-9-8-12(25)10-15(16)26/h4-10H,11H2,1-3H3,(H2,27,28,29,30,31). The third kappa shape index (κ3) is 5.23. The molecule has 34 heavy (non-hydrogen) atoms. The number of nitrogens with one attached hydrogen (secondary N) is 2. The molecular weight excluding hydrogens is 468 g/mol. The number of ether oxygens (including phenoxy) is 2. The van der Waals surface area contributed by atoms with E-state index in [9.17, 15) is 13.6 Å². The van der Waals surface area contributed by atoms with Crippen LogP contribution in [0.1, 0.15) is 20.8 Å². The molecule has 4 rings (SSSR count). The van der Waals surface area contributed by atoms with Gasteiger partial charge in [-0.05, 0) is 39.0 Å². The summed E-state index contributed by atoms with van der Waals surface area (Å²) in [7, 11) is 0. The molecule has 0 unspecified atom stereocenters. The Morgan fingerprint density at radius 1 is 1.15 bits per heavy atom. The molecule has 11 heteroatoms. The third-order valence-electron chi connectivity index (χ3n) is 4.44. The highest BCUT2D eigenvalue weighted by Gasteiger charge is 2.22. The Morgan fingerprint density at radius 2 is 1.91 bits per heavy atom. The number of esters is 1. The summed E-state index contributed by atoms with van der Waals surface area (Å²) < 4.78 is 38.1. The van der Waals surface area contributed by atoms with Crippen molar-refractivity contribution in [3.05, 3.63) is 59.1 Å². The molecule has 0 radical (unpaired) electrons. The van der Waals surface area contributed by atoms with Crippen LogP contribution in [-0.2, 0) is 9.53 Å². The van der Waals surface area contributed by atoms with Gasteiger partial charge in [-0.3, -0.25) is 9.89 Å². The summed E-state index contributed by atoms with van der Waals surface area (Å²) in [5.74, 6) is -2.29. The van der Waals surface area contributed by atoms with Crippen molar-refractivity contribution in [3.8, 4) is 23.0 Å². The molecule has 0 spiro atoms. The van der Waals surface area contributed by atoms with Crippen molar-refractivity contribution in [3.63, 3.8) is 0 Å². The van der Waals surface area contributed by atoms with Crippen LogP contribution in [-0.4, -0.2) is 38.3 Å². The van der Waals surface area contributed by atoms with Crippen molar-refractivity contribution >= 4 is 34.4 Å². The van der Waals surface area contributed by atoms with Gasteiger partial charge in [0.05, 0.1) is 10.4 Å². The average Bonchev–Trinajstić information content (AvgIpc) is 3.17. The molecule has 0 aliphatic heterocycles. The predicted molar refractivity (Wildman–Crippen MR) is 123 cm³/mol. The molecule has 0 saturated carbocycles. The highest BCUT2D eigenvalue weighted by Crippen LogP contribution is 2.36. The van der Waals surface area contributed by atoms with Crippen LogP contribution in [0, 0.1) is 11.6 Å². The molecule has 0 aliphatic rings. The number of fused-ring (bicyclic) bond motifs is 1. The van der Waals surface area contributed by atoms with Gasteiger partial charge >= 0.3 is 12.0 Å². The highest BCUT2D eigenvalue weighted by atomic mass is 35.5. The SMILES string of the molecule is CC(C)(C)OC(=O)CNc1nc(Oc2ccc(F)cc2F)nc2[nH]nc(-c3ccccc3Cl)c12. The van der Waals surface area contributed by atoms with Crippen LogP contribution in [0.4, 0.5) is 14.6 Å². The molecule has 2 heterocycles. The van der Waals surface area contributed by atoms with Gasteiger partial charge in [-0.1, -0.05) is 29.8 Å². The summed E-state index contributed by atoms with van der Waals surface area (Å²) in [6.07, 6.45) is 0. The van der Waals surface area contributed by atoms with Crippen molar-refractivity contribution in [2.45, 2.75) is 26.4 Å². The lowest BCUT2D eigenvalue weighted by Gasteiger charge is -2.19. The Bertz CT molecular complexity index is 1370. The second-order valence-electron chi connectivity index (χ2n) is 8.25. The molecule has 2 aromatic carbocycles. The number of aromatic amines is 1. The largest absolute Gasteiger partial charge is 0.459 e. The van der Waals surface area contributed by atoms with Gasteiger partial charge in [0.25, 0.3) is 0 Å². The second kappa shape index (κ2) is 9.22. The predicted octanol–water partition coefficient (Wildman–Crippen LogP) is 5.50. The fraction of sp³-hybridized carbons (Fsp3) is 0.217. The lowest BCUT2D eigenvalue weighted by Crippen LogP contribution is -2.28. The fourth-order valence-electron chi connectivity index (χ4n) is 3.12. The molecule has 0 saturated heterocycles. The van der Waals surface area contributed by atoms with Gasteiger partial charge in [0, 0.05) is 11.6 Å². The number of H-pyrrole nitrogens is 1. The van der Waals surface area contributed by atoms with E-state index in [2.05, 4.69) is 25.5 Å². The van der Waals surface area contributed by atoms with E-state index in [1.165, 1.54) is 0 Å². The van der Waals surface area contributed by atoms with E-state index in [0.717, 1.165) is 12.1 Å².